The first-order valence-corrected chi connectivity index (χ1v) is 5.91. The molecule has 0 heterocycles. The zero-order valence-corrected chi connectivity index (χ0v) is 10.3. The molecule has 4 nitrogen and oxygen atoms in total. The van der Waals surface area contributed by atoms with Gasteiger partial charge in [0.25, 0.3) is 0 Å². The lowest BCUT2D eigenvalue weighted by molar-refractivity contribution is 0.00441. The van der Waals surface area contributed by atoms with Crippen LogP contribution in [0.25, 0.3) is 0 Å². The molecule has 0 atom stereocenters. The van der Waals surface area contributed by atoms with Crippen LogP contribution in [0, 0.1) is 0 Å². The summed E-state index contributed by atoms with van der Waals surface area (Å²) in [6.07, 6.45) is 0. The second kappa shape index (κ2) is 13.3. The maximum Gasteiger partial charge on any atom is 0.102 e. The van der Waals surface area contributed by atoms with Crippen molar-refractivity contribution < 1.29 is 18.9 Å². The second-order valence-electron chi connectivity index (χ2n) is 2.44. The maximum absolute atomic E-state index is 5.24. The highest BCUT2D eigenvalue weighted by molar-refractivity contribution is 9.09. The minimum absolute atomic E-state index is 0.557. The summed E-state index contributed by atoms with van der Waals surface area (Å²) >= 11 is 3.15. The van der Waals surface area contributed by atoms with Crippen LogP contribution in [0.5, 0.6) is 0 Å². The summed E-state index contributed by atoms with van der Waals surface area (Å²) in [7, 11) is 0. The number of ether oxygens (including phenoxy) is 4. The Balaban J connectivity index is 2.78. The van der Waals surface area contributed by atoms with E-state index in [-0.39, 0.29) is 0 Å². The van der Waals surface area contributed by atoms with E-state index in [1.807, 2.05) is 6.92 Å². The van der Waals surface area contributed by atoms with Gasteiger partial charge in [0.05, 0.1) is 39.6 Å². The zero-order valence-electron chi connectivity index (χ0n) is 8.67. The van der Waals surface area contributed by atoms with E-state index in [4.69, 9.17) is 18.9 Å². The summed E-state index contributed by atoms with van der Waals surface area (Å²) in [4.78, 5) is 0. The lowest BCUT2D eigenvalue weighted by Crippen LogP contribution is -2.11. The molecule has 14 heavy (non-hydrogen) atoms. The summed E-state index contributed by atoms with van der Waals surface area (Å²) in [5.41, 5.74) is 0.557. The molecule has 0 saturated heterocycles. The summed E-state index contributed by atoms with van der Waals surface area (Å²) in [6, 6.07) is 0. The molecule has 0 aliphatic carbocycles. The molecule has 5 heteroatoms. The van der Waals surface area contributed by atoms with Crippen molar-refractivity contribution in [3.05, 3.63) is 0 Å². The molecule has 86 valence electrons. The average molecular weight is 271 g/mol. The lowest BCUT2D eigenvalue weighted by atomic mass is 10.7. The molecule has 0 aromatic carbocycles. The molecule has 0 bridgehead atoms. The highest BCUT2D eigenvalue weighted by Crippen LogP contribution is 1.84. The summed E-state index contributed by atoms with van der Waals surface area (Å²) in [6.45, 7) is 6.44. The Bertz CT molecular complexity index is 90.8. The van der Waals surface area contributed by atoms with Gasteiger partial charge in [0.2, 0.25) is 0 Å². The molecule has 0 rings (SSSR count). The van der Waals surface area contributed by atoms with E-state index in [9.17, 15) is 0 Å². The van der Waals surface area contributed by atoms with Gasteiger partial charge >= 0.3 is 0 Å². The Morgan fingerprint density at radius 2 is 1.14 bits per heavy atom. The molecule has 0 radical (unpaired) electrons. The molecule has 0 aliphatic rings. The van der Waals surface area contributed by atoms with E-state index in [0.29, 0.717) is 45.2 Å². The van der Waals surface area contributed by atoms with Gasteiger partial charge in [0, 0.05) is 6.61 Å². The predicted octanol–water partition coefficient (Wildman–Crippen LogP) is 1.43. The van der Waals surface area contributed by atoms with Crippen molar-refractivity contribution in [3.8, 4) is 0 Å². The molecule has 0 aromatic rings. The van der Waals surface area contributed by atoms with Gasteiger partial charge in [-0.1, -0.05) is 15.9 Å². The largest absolute Gasteiger partial charge is 0.379 e. The van der Waals surface area contributed by atoms with Crippen LogP contribution in [0.2, 0.25) is 0 Å². The minimum Gasteiger partial charge on any atom is -0.379 e. The van der Waals surface area contributed by atoms with Crippen molar-refractivity contribution in [2.75, 3.05) is 51.8 Å². The molecule has 0 aromatic heterocycles. The fourth-order valence-corrected chi connectivity index (χ4v) is 0.985. The number of alkyl halides is 1. The van der Waals surface area contributed by atoms with E-state index in [0.717, 1.165) is 6.61 Å². The number of hydrogen-bond donors (Lipinski definition) is 0. The van der Waals surface area contributed by atoms with Crippen LogP contribution in [-0.2, 0) is 18.9 Å². The van der Waals surface area contributed by atoms with Crippen LogP contribution in [0.3, 0.4) is 0 Å². The van der Waals surface area contributed by atoms with E-state index < -0.39 is 0 Å². The van der Waals surface area contributed by atoms with Crippen LogP contribution in [0.1, 0.15) is 6.92 Å². The Morgan fingerprint density at radius 3 is 1.57 bits per heavy atom. The molecule has 0 spiro atoms. The molecule has 0 unspecified atom stereocenters. The number of hydrogen-bond acceptors (Lipinski definition) is 4. The normalized spacial score (nSPS) is 10.7. The van der Waals surface area contributed by atoms with Gasteiger partial charge in [0.15, 0.2) is 0 Å². The van der Waals surface area contributed by atoms with Crippen molar-refractivity contribution in [1.82, 2.24) is 0 Å². The van der Waals surface area contributed by atoms with Gasteiger partial charge in [-0.2, -0.15) is 0 Å². The second-order valence-corrected chi connectivity index (χ2v) is 2.90. The van der Waals surface area contributed by atoms with Crippen molar-refractivity contribution in [3.63, 3.8) is 0 Å². The van der Waals surface area contributed by atoms with Crippen molar-refractivity contribution in [1.29, 1.82) is 0 Å². The molecule has 0 aliphatic heterocycles. The Hall–Kier alpha value is 0.320. The van der Waals surface area contributed by atoms with E-state index in [2.05, 4.69) is 15.9 Å². The first-order chi connectivity index (χ1) is 6.91. The van der Waals surface area contributed by atoms with Crippen LogP contribution in [-0.4, -0.2) is 51.8 Å². The highest BCUT2D eigenvalue weighted by atomic mass is 79.9. The molecule has 0 amide bonds. The zero-order chi connectivity index (χ0) is 10.5. The Labute approximate surface area is 94.0 Å². The van der Waals surface area contributed by atoms with Crippen LogP contribution in [0.15, 0.2) is 0 Å². The fraction of sp³-hybridized carbons (Fsp3) is 1.00. The number of halogens is 1. The summed E-state index contributed by atoms with van der Waals surface area (Å²) in [5.74, 6) is 0. The van der Waals surface area contributed by atoms with Crippen molar-refractivity contribution in [2.45, 2.75) is 6.92 Å². The minimum atomic E-state index is 0.557. The van der Waals surface area contributed by atoms with Crippen LogP contribution in [0.4, 0.5) is 0 Å². The van der Waals surface area contributed by atoms with E-state index >= 15 is 0 Å². The standard InChI is InChI=1S/C9H19BrO4/c1-2-11-3-4-12-5-6-13-7-8-14-9-10/h2-9H2,1H3. The Morgan fingerprint density at radius 1 is 0.714 bits per heavy atom. The van der Waals surface area contributed by atoms with Gasteiger partial charge in [0.1, 0.15) is 5.52 Å². The van der Waals surface area contributed by atoms with Gasteiger partial charge < -0.3 is 18.9 Å². The van der Waals surface area contributed by atoms with Gasteiger partial charge in [-0.25, -0.2) is 0 Å². The Kier molecular flexibility index (Phi) is 13.6. The lowest BCUT2D eigenvalue weighted by Gasteiger charge is -2.05. The molecular formula is C9H19BrO4. The summed E-state index contributed by atoms with van der Waals surface area (Å²) in [5, 5.41) is 0. The topological polar surface area (TPSA) is 36.9 Å². The number of rotatable bonds is 11. The van der Waals surface area contributed by atoms with Crippen molar-refractivity contribution >= 4 is 15.9 Å². The quantitative estimate of drug-likeness (QED) is 0.421. The highest BCUT2D eigenvalue weighted by Gasteiger charge is 1.90. The van der Waals surface area contributed by atoms with Crippen LogP contribution >= 0.6 is 15.9 Å². The van der Waals surface area contributed by atoms with E-state index in [1.54, 1.807) is 0 Å². The van der Waals surface area contributed by atoms with Gasteiger partial charge in [-0.05, 0) is 6.92 Å². The smallest absolute Gasteiger partial charge is 0.102 e. The van der Waals surface area contributed by atoms with Crippen molar-refractivity contribution in [2.24, 2.45) is 0 Å². The third-order valence-corrected chi connectivity index (χ3v) is 1.72. The third kappa shape index (κ3) is 12.3. The first kappa shape index (κ1) is 14.3. The average Bonchev–Trinajstić information content (AvgIpc) is 2.21. The fourth-order valence-electron chi connectivity index (χ4n) is 0.757. The predicted molar refractivity (Wildman–Crippen MR) is 57.9 cm³/mol. The molecular weight excluding hydrogens is 252 g/mol. The first-order valence-electron chi connectivity index (χ1n) is 4.78. The molecule has 0 saturated carbocycles. The van der Waals surface area contributed by atoms with Gasteiger partial charge in [-0.3, -0.25) is 0 Å². The monoisotopic (exact) mass is 270 g/mol. The molecule has 0 N–H and O–H groups in total. The summed E-state index contributed by atoms with van der Waals surface area (Å²) < 4.78 is 20.6. The SMILES string of the molecule is CCOCCOCCOCCOCBr. The maximum atomic E-state index is 5.24. The molecule has 0 fully saturated rings. The third-order valence-electron chi connectivity index (χ3n) is 1.40. The van der Waals surface area contributed by atoms with Gasteiger partial charge in [-0.15, -0.1) is 0 Å². The van der Waals surface area contributed by atoms with Crippen LogP contribution < -0.4 is 0 Å². The van der Waals surface area contributed by atoms with E-state index in [1.165, 1.54) is 0 Å².